The van der Waals surface area contributed by atoms with Gasteiger partial charge in [0.1, 0.15) is 5.82 Å². The molecule has 18 heavy (non-hydrogen) atoms. The summed E-state index contributed by atoms with van der Waals surface area (Å²) in [5.41, 5.74) is -0.712. The zero-order chi connectivity index (χ0) is 12.5. The molecule has 1 atom stereocenters. The van der Waals surface area contributed by atoms with Crippen molar-refractivity contribution >= 4 is 12.4 Å². The van der Waals surface area contributed by atoms with Gasteiger partial charge < -0.3 is 5.32 Å². The van der Waals surface area contributed by atoms with E-state index in [0.29, 0.717) is 13.0 Å². The Bertz CT molecular complexity index is 400. The van der Waals surface area contributed by atoms with Crippen LogP contribution < -0.4 is 5.32 Å². The van der Waals surface area contributed by atoms with Crippen molar-refractivity contribution in [1.29, 1.82) is 0 Å². The van der Waals surface area contributed by atoms with E-state index in [-0.39, 0.29) is 18.0 Å². The molecule has 0 aromatic heterocycles. The van der Waals surface area contributed by atoms with E-state index in [2.05, 4.69) is 5.32 Å². The highest BCUT2D eigenvalue weighted by Crippen LogP contribution is 2.37. The van der Waals surface area contributed by atoms with Gasteiger partial charge in [0.25, 0.3) is 0 Å². The Morgan fingerprint density at radius 1 is 1.17 bits per heavy atom. The molecule has 0 aliphatic carbocycles. The number of halogens is 5. The second kappa shape index (κ2) is 5.89. The lowest BCUT2D eigenvalue weighted by atomic mass is 9.93. The molecular formula is C12H14ClF4N. The molecule has 1 aliphatic rings. The van der Waals surface area contributed by atoms with E-state index in [1.54, 1.807) is 0 Å². The van der Waals surface area contributed by atoms with Gasteiger partial charge in [0.2, 0.25) is 0 Å². The van der Waals surface area contributed by atoms with Crippen molar-refractivity contribution in [2.24, 2.45) is 0 Å². The van der Waals surface area contributed by atoms with Gasteiger partial charge in [-0.25, -0.2) is 4.39 Å². The molecule has 1 aliphatic heterocycles. The average Bonchev–Trinajstić information content (AvgIpc) is 2.28. The Labute approximate surface area is 109 Å². The second-order valence-electron chi connectivity index (χ2n) is 4.23. The van der Waals surface area contributed by atoms with E-state index in [9.17, 15) is 17.6 Å². The molecule has 1 aromatic carbocycles. The summed E-state index contributed by atoms with van der Waals surface area (Å²) < 4.78 is 51.4. The van der Waals surface area contributed by atoms with Crippen LogP contribution in [0.2, 0.25) is 0 Å². The maximum Gasteiger partial charge on any atom is 0.416 e. The number of benzene rings is 1. The molecule has 0 amide bonds. The minimum atomic E-state index is -4.43. The van der Waals surface area contributed by atoms with E-state index in [0.717, 1.165) is 31.0 Å². The van der Waals surface area contributed by atoms with Crippen molar-refractivity contribution in [3.63, 3.8) is 0 Å². The summed E-state index contributed by atoms with van der Waals surface area (Å²) in [6, 6.07) is 2.28. The van der Waals surface area contributed by atoms with Crippen LogP contribution in [-0.2, 0) is 6.18 Å². The van der Waals surface area contributed by atoms with E-state index < -0.39 is 23.6 Å². The van der Waals surface area contributed by atoms with E-state index in [1.165, 1.54) is 0 Å². The molecular weight excluding hydrogens is 270 g/mol. The van der Waals surface area contributed by atoms with Gasteiger partial charge in [-0.15, -0.1) is 12.4 Å². The van der Waals surface area contributed by atoms with E-state index in [1.807, 2.05) is 0 Å². The lowest BCUT2D eigenvalue weighted by Crippen LogP contribution is -2.28. The molecule has 1 saturated heterocycles. The Morgan fingerprint density at radius 2 is 1.89 bits per heavy atom. The molecule has 1 heterocycles. The van der Waals surface area contributed by atoms with Crippen molar-refractivity contribution in [3.8, 4) is 0 Å². The maximum atomic E-state index is 13.1. The maximum absolute atomic E-state index is 13.1. The minimum absolute atomic E-state index is 0. The fraction of sp³-hybridized carbons (Fsp3) is 0.500. The summed E-state index contributed by atoms with van der Waals surface area (Å²) in [6.45, 7) is 0.679. The Kier molecular flexibility index (Phi) is 4.99. The third kappa shape index (κ3) is 3.36. The monoisotopic (exact) mass is 283 g/mol. The molecule has 6 heteroatoms. The topological polar surface area (TPSA) is 12.0 Å². The predicted octanol–water partition coefficient (Wildman–Crippen LogP) is 4.08. The molecule has 0 spiro atoms. The number of alkyl halides is 3. The SMILES string of the molecule is Cl.Fc1ccc(C(F)(F)F)c([C@H]2CCCCN2)c1. The third-order valence-electron chi connectivity index (χ3n) is 3.00. The first-order valence-corrected chi connectivity index (χ1v) is 5.58. The molecule has 1 nitrogen and oxygen atoms in total. The standard InChI is InChI=1S/C12H13F4N.ClH/c13-8-4-5-10(12(14,15)16)9(7-8)11-3-1-2-6-17-11;/h4-5,7,11,17H,1-3,6H2;1H/t11-;/m1./s1. The van der Waals surface area contributed by atoms with Crippen LogP contribution in [-0.4, -0.2) is 6.54 Å². The van der Waals surface area contributed by atoms with E-state index >= 15 is 0 Å². The molecule has 0 unspecified atom stereocenters. The quantitative estimate of drug-likeness (QED) is 0.766. The van der Waals surface area contributed by atoms with Crippen LogP contribution in [0.1, 0.15) is 36.4 Å². The summed E-state index contributed by atoms with van der Waals surface area (Å²) in [7, 11) is 0. The first-order chi connectivity index (χ1) is 7.98. The summed E-state index contributed by atoms with van der Waals surface area (Å²) in [4.78, 5) is 0. The molecule has 1 aromatic rings. The third-order valence-corrected chi connectivity index (χ3v) is 3.00. The van der Waals surface area contributed by atoms with Crippen molar-refractivity contribution in [3.05, 3.63) is 35.1 Å². The summed E-state index contributed by atoms with van der Waals surface area (Å²) in [5, 5.41) is 3.01. The number of piperidine rings is 1. The lowest BCUT2D eigenvalue weighted by molar-refractivity contribution is -0.138. The highest BCUT2D eigenvalue weighted by Gasteiger charge is 2.35. The zero-order valence-electron chi connectivity index (χ0n) is 9.56. The Balaban J connectivity index is 0.00000162. The lowest BCUT2D eigenvalue weighted by Gasteiger charge is -2.26. The first-order valence-electron chi connectivity index (χ1n) is 5.58. The minimum Gasteiger partial charge on any atom is -0.310 e. The van der Waals surface area contributed by atoms with Gasteiger partial charge in [-0.05, 0) is 43.1 Å². The fourth-order valence-electron chi connectivity index (χ4n) is 2.20. The number of nitrogens with one attached hydrogen (secondary N) is 1. The van der Waals surface area contributed by atoms with Crippen LogP contribution in [0.5, 0.6) is 0 Å². The first kappa shape index (κ1) is 15.2. The van der Waals surface area contributed by atoms with Crippen molar-refractivity contribution in [1.82, 2.24) is 5.32 Å². The summed E-state index contributed by atoms with van der Waals surface area (Å²) in [6.07, 6.45) is -1.99. The molecule has 0 bridgehead atoms. The van der Waals surface area contributed by atoms with Gasteiger partial charge in [-0.2, -0.15) is 13.2 Å². The summed E-state index contributed by atoms with van der Waals surface area (Å²) in [5.74, 6) is -0.625. The smallest absolute Gasteiger partial charge is 0.310 e. The molecule has 0 saturated carbocycles. The van der Waals surface area contributed by atoms with E-state index in [4.69, 9.17) is 0 Å². The normalized spacial score (nSPS) is 20.3. The van der Waals surface area contributed by atoms with Crippen LogP contribution in [0.3, 0.4) is 0 Å². The van der Waals surface area contributed by atoms with Crippen molar-refractivity contribution in [2.45, 2.75) is 31.5 Å². The largest absolute Gasteiger partial charge is 0.416 e. The molecule has 2 rings (SSSR count). The number of hydrogen-bond acceptors (Lipinski definition) is 1. The Hall–Kier alpha value is -0.810. The van der Waals surface area contributed by atoms with Gasteiger partial charge in [0, 0.05) is 6.04 Å². The number of rotatable bonds is 1. The van der Waals surface area contributed by atoms with Gasteiger partial charge in [0.15, 0.2) is 0 Å². The van der Waals surface area contributed by atoms with Gasteiger partial charge >= 0.3 is 6.18 Å². The Morgan fingerprint density at radius 3 is 2.44 bits per heavy atom. The van der Waals surface area contributed by atoms with Crippen LogP contribution in [0.15, 0.2) is 18.2 Å². The van der Waals surface area contributed by atoms with Crippen LogP contribution >= 0.6 is 12.4 Å². The van der Waals surface area contributed by atoms with Crippen LogP contribution in [0, 0.1) is 5.82 Å². The molecule has 0 radical (unpaired) electrons. The average molecular weight is 284 g/mol. The highest BCUT2D eigenvalue weighted by atomic mass is 35.5. The van der Waals surface area contributed by atoms with Gasteiger partial charge in [-0.3, -0.25) is 0 Å². The van der Waals surface area contributed by atoms with Crippen LogP contribution in [0.25, 0.3) is 0 Å². The molecule has 102 valence electrons. The fourth-order valence-corrected chi connectivity index (χ4v) is 2.20. The van der Waals surface area contributed by atoms with Gasteiger partial charge in [-0.1, -0.05) is 6.42 Å². The second-order valence-corrected chi connectivity index (χ2v) is 4.23. The van der Waals surface area contributed by atoms with Gasteiger partial charge in [0.05, 0.1) is 5.56 Å². The van der Waals surface area contributed by atoms with Crippen molar-refractivity contribution < 1.29 is 17.6 Å². The predicted molar refractivity (Wildman–Crippen MR) is 63.2 cm³/mol. The summed E-state index contributed by atoms with van der Waals surface area (Å²) >= 11 is 0. The molecule has 1 fully saturated rings. The molecule has 1 N–H and O–H groups in total. The van der Waals surface area contributed by atoms with Crippen LogP contribution in [0.4, 0.5) is 17.6 Å². The zero-order valence-corrected chi connectivity index (χ0v) is 10.4. The highest BCUT2D eigenvalue weighted by molar-refractivity contribution is 5.85. The number of hydrogen-bond donors (Lipinski definition) is 1. The van der Waals surface area contributed by atoms with Crippen molar-refractivity contribution in [2.75, 3.05) is 6.54 Å².